The largest absolute Gasteiger partial charge is 0.381 e. The highest BCUT2D eigenvalue weighted by molar-refractivity contribution is 5.88. The average Bonchev–Trinajstić information content (AvgIpc) is 2.98. The lowest BCUT2D eigenvalue weighted by atomic mass is 9.73. The Morgan fingerprint density at radius 1 is 1.33 bits per heavy atom. The van der Waals surface area contributed by atoms with E-state index in [0.29, 0.717) is 31.9 Å². The van der Waals surface area contributed by atoms with Crippen LogP contribution in [0, 0.1) is 18.6 Å². The average molecular weight is 337 g/mol. The number of aromatic nitrogens is 2. The Kier molecular flexibility index (Phi) is 4.57. The molecule has 128 valence electrons. The molecule has 8 heteroatoms. The van der Waals surface area contributed by atoms with Gasteiger partial charge in [-0.3, -0.25) is 4.79 Å². The van der Waals surface area contributed by atoms with E-state index in [2.05, 4.69) is 15.5 Å². The van der Waals surface area contributed by atoms with Gasteiger partial charge in [0, 0.05) is 24.8 Å². The van der Waals surface area contributed by atoms with Crippen molar-refractivity contribution in [3.05, 3.63) is 47.1 Å². The fourth-order valence-electron chi connectivity index (χ4n) is 2.95. The van der Waals surface area contributed by atoms with E-state index in [1.54, 1.807) is 6.92 Å². The lowest BCUT2D eigenvalue weighted by molar-refractivity contribution is -0.131. The molecule has 0 unspecified atom stereocenters. The van der Waals surface area contributed by atoms with Gasteiger partial charge in [-0.1, -0.05) is 11.2 Å². The smallest absolute Gasteiger partial charge is 0.246 e. The first kappa shape index (κ1) is 16.5. The molecule has 0 spiro atoms. The molecule has 1 aromatic carbocycles. The summed E-state index contributed by atoms with van der Waals surface area (Å²) in [6, 6.07) is 3.28. The summed E-state index contributed by atoms with van der Waals surface area (Å²) in [7, 11) is 0. The van der Waals surface area contributed by atoms with Crippen LogP contribution in [0.4, 0.5) is 8.78 Å². The standard InChI is InChI=1S/C16H17F2N3O3/c1-10-20-14(24-21-10)9-19-15(22)16(4-6-23-7-5-16)12-3-2-11(17)8-13(12)18/h2-3,8H,4-7,9H2,1H3,(H,19,22). The summed E-state index contributed by atoms with van der Waals surface area (Å²) in [5.74, 6) is -1.06. The van der Waals surface area contributed by atoms with Crippen LogP contribution in [0.3, 0.4) is 0 Å². The Balaban J connectivity index is 1.86. The molecule has 1 aliphatic heterocycles. The third-order valence-corrected chi connectivity index (χ3v) is 4.20. The normalized spacial score (nSPS) is 16.8. The summed E-state index contributed by atoms with van der Waals surface area (Å²) in [5.41, 5.74) is -0.933. The fourth-order valence-corrected chi connectivity index (χ4v) is 2.95. The number of benzene rings is 1. The molecule has 0 saturated carbocycles. The number of hydrogen-bond donors (Lipinski definition) is 1. The number of carbonyl (C=O) groups excluding carboxylic acids is 1. The van der Waals surface area contributed by atoms with Crippen molar-refractivity contribution in [1.29, 1.82) is 0 Å². The van der Waals surface area contributed by atoms with Gasteiger partial charge < -0.3 is 14.6 Å². The minimum atomic E-state index is -1.11. The second kappa shape index (κ2) is 6.64. The Labute approximate surface area is 137 Å². The predicted molar refractivity (Wildman–Crippen MR) is 79.0 cm³/mol. The van der Waals surface area contributed by atoms with Gasteiger partial charge in [-0.15, -0.1) is 0 Å². The molecule has 0 radical (unpaired) electrons. The maximum absolute atomic E-state index is 14.3. The number of hydrogen-bond acceptors (Lipinski definition) is 5. The van der Waals surface area contributed by atoms with Crippen LogP contribution in [0.2, 0.25) is 0 Å². The first-order chi connectivity index (χ1) is 11.5. The maximum atomic E-state index is 14.3. The highest BCUT2D eigenvalue weighted by atomic mass is 19.1. The van der Waals surface area contributed by atoms with Crippen molar-refractivity contribution in [2.45, 2.75) is 31.7 Å². The van der Waals surface area contributed by atoms with E-state index >= 15 is 0 Å². The zero-order valence-corrected chi connectivity index (χ0v) is 13.1. The topological polar surface area (TPSA) is 77.2 Å². The molecule has 1 saturated heterocycles. The van der Waals surface area contributed by atoms with E-state index < -0.39 is 17.0 Å². The Hall–Kier alpha value is -2.35. The van der Waals surface area contributed by atoms with Crippen molar-refractivity contribution in [2.75, 3.05) is 13.2 Å². The van der Waals surface area contributed by atoms with E-state index in [9.17, 15) is 13.6 Å². The fraction of sp³-hybridized carbons (Fsp3) is 0.438. The van der Waals surface area contributed by atoms with Gasteiger partial charge in [0.2, 0.25) is 11.8 Å². The summed E-state index contributed by atoms with van der Waals surface area (Å²) in [6.45, 7) is 2.36. The van der Waals surface area contributed by atoms with Crippen LogP contribution in [0.25, 0.3) is 0 Å². The zero-order valence-electron chi connectivity index (χ0n) is 13.1. The van der Waals surface area contributed by atoms with E-state index in [4.69, 9.17) is 9.26 Å². The van der Waals surface area contributed by atoms with Crippen molar-refractivity contribution in [1.82, 2.24) is 15.5 Å². The number of nitrogens with one attached hydrogen (secondary N) is 1. The molecule has 1 amide bonds. The third kappa shape index (κ3) is 3.14. The summed E-state index contributed by atoms with van der Waals surface area (Å²) in [4.78, 5) is 16.8. The molecule has 0 bridgehead atoms. The van der Waals surface area contributed by atoms with Crippen molar-refractivity contribution < 1.29 is 22.8 Å². The first-order valence-electron chi connectivity index (χ1n) is 7.62. The Morgan fingerprint density at radius 2 is 2.08 bits per heavy atom. The summed E-state index contributed by atoms with van der Waals surface area (Å²) >= 11 is 0. The van der Waals surface area contributed by atoms with Crippen LogP contribution in [0.1, 0.15) is 30.1 Å². The maximum Gasteiger partial charge on any atom is 0.246 e. The van der Waals surface area contributed by atoms with Crippen molar-refractivity contribution in [3.8, 4) is 0 Å². The Morgan fingerprint density at radius 3 is 2.71 bits per heavy atom. The van der Waals surface area contributed by atoms with Crippen molar-refractivity contribution >= 4 is 5.91 Å². The lowest BCUT2D eigenvalue weighted by Crippen LogP contribution is -2.48. The van der Waals surface area contributed by atoms with Crippen LogP contribution in [-0.4, -0.2) is 29.3 Å². The quantitative estimate of drug-likeness (QED) is 0.924. The van der Waals surface area contributed by atoms with Crippen LogP contribution in [-0.2, 0) is 21.5 Å². The van der Waals surface area contributed by atoms with E-state index in [-0.39, 0.29) is 23.9 Å². The number of amides is 1. The zero-order chi connectivity index (χ0) is 17.2. The van der Waals surface area contributed by atoms with Gasteiger partial charge in [0.15, 0.2) is 5.82 Å². The molecule has 2 aromatic rings. The third-order valence-electron chi connectivity index (χ3n) is 4.20. The molecule has 1 aromatic heterocycles. The summed E-state index contributed by atoms with van der Waals surface area (Å²) in [6.07, 6.45) is 0.620. The SMILES string of the molecule is Cc1noc(CNC(=O)C2(c3ccc(F)cc3F)CCOCC2)n1. The Bertz CT molecular complexity index is 742. The molecule has 6 nitrogen and oxygen atoms in total. The highest BCUT2D eigenvalue weighted by Gasteiger charge is 2.43. The molecule has 1 N–H and O–H groups in total. The molecular formula is C16H17F2N3O3. The van der Waals surface area contributed by atoms with Crippen molar-refractivity contribution in [3.63, 3.8) is 0 Å². The molecular weight excluding hydrogens is 320 g/mol. The first-order valence-corrected chi connectivity index (χ1v) is 7.62. The number of halogens is 2. The number of carbonyl (C=O) groups is 1. The number of aryl methyl sites for hydroxylation is 1. The summed E-state index contributed by atoms with van der Waals surface area (Å²) in [5, 5.41) is 6.36. The van der Waals surface area contributed by atoms with Gasteiger partial charge >= 0.3 is 0 Å². The van der Waals surface area contributed by atoms with Gasteiger partial charge in [0.25, 0.3) is 0 Å². The summed E-state index contributed by atoms with van der Waals surface area (Å²) < 4.78 is 37.8. The molecule has 2 heterocycles. The minimum absolute atomic E-state index is 0.0467. The van der Waals surface area contributed by atoms with Crippen LogP contribution >= 0.6 is 0 Å². The van der Waals surface area contributed by atoms with Gasteiger partial charge in [-0.2, -0.15) is 4.98 Å². The number of nitrogens with zero attached hydrogens (tertiary/aromatic N) is 2. The van der Waals surface area contributed by atoms with Gasteiger partial charge in [-0.05, 0) is 25.8 Å². The van der Waals surface area contributed by atoms with E-state index in [1.165, 1.54) is 6.07 Å². The molecule has 3 rings (SSSR count). The van der Waals surface area contributed by atoms with Gasteiger partial charge in [-0.25, -0.2) is 8.78 Å². The molecule has 1 fully saturated rings. The van der Waals surface area contributed by atoms with Crippen molar-refractivity contribution in [2.24, 2.45) is 0 Å². The van der Waals surface area contributed by atoms with Crippen LogP contribution < -0.4 is 5.32 Å². The second-order valence-corrected chi connectivity index (χ2v) is 5.74. The molecule has 0 aliphatic carbocycles. The second-order valence-electron chi connectivity index (χ2n) is 5.74. The molecule has 1 aliphatic rings. The van der Waals surface area contributed by atoms with E-state index in [1.807, 2.05) is 0 Å². The van der Waals surface area contributed by atoms with Gasteiger partial charge in [0.1, 0.15) is 11.6 Å². The van der Waals surface area contributed by atoms with Gasteiger partial charge in [0.05, 0.1) is 12.0 Å². The lowest BCUT2D eigenvalue weighted by Gasteiger charge is -2.36. The minimum Gasteiger partial charge on any atom is -0.381 e. The molecule has 0 atom stereocenters. The highest BCUT2D eigenvalue weighted by Crippen LogP contribution is 2.37. The predicted octanol–water partition coefficient (Wildman–Crippen LogP) is 2.02. The number of rotatable bonds is 4. The van der Waals surface area contributed by atoms with Crippen LogP contribution in [0.5, 0.6) is 0 Å². The monoisotopic (exact) mass is 337 g/mol. The number of ether oxygens (including phenoxy) is 1. The van der Waals surface area contributed by atoms with E-state index in [0.717, 1.165) is 12.1 Å². The molecule has 24 heavy (non-hydrogen) atoms. The van der Waals surface area contributed by atoms with Crippen LogP contribution in [0.15, 0.2) is 22.7 Å².